The number of carbonyl (C=O) groups excluding carboxylic acids is 1. The van der Waals surface area contributed by atoms with E-state index in [0.717, 1.165) is 5.39 Å². The molecule has 0 saturated heterocycles. The summed E-state index contributed by atoms with van der Waals surface area (Å²) in [7, 11) is 1.57. The minimum atomic E-state index is -0.150. The fraction of sp³-hybridized carbons (Fsp3) is 0.182. The molecule has 0 aliphatic heterocycles. The van der Waals surface area contributed by atoms with Crippen molar-refractivity contribution >= 4 is 16.7 Å². The zero-order chi connectivity index (χ0) is 10.8. The Labute approximate surface area is 86.9 Å². The molecule has 0 atom stereocenters. The van der Waals surface area contributed by atoms with Crippen LogP contribution in [0.4, 0.5) is 0 Å². The lowest BCUT2D eigenvalue weighted by Gasteiger charge is -2.04. The van der Waals surface area contributed by atoms with Crippen molar-refractivity contribution in [3.05, 3.63) is 30.2 Å². The van der Waals surface area contributed by atoms with E-state index < -0.39 is 0 Å². The molecule has 0 bridgehead atoms. The molecule has 0 N–H and O–H groups in total. The number of rotatable bonds is 2. The van der Waals surface area contributed by atoms with Crippen LogP contribution in [0, 0.1) is 0 Å². The summed E-state index contributed by atoms with van der Waals surface area (Å²) in [6, 6.07) is 5.54. The molecule has 1 aromatic carbocycles. The van der Waals surface area contributed by atoms with Gasteiger partial charge >= 0.3 is 0 Å². The highest BCUT2D eigenvalue weighted by Crippen LogP contribution is 2.22. The zero-order valence-electron chi connectivity index (χ0n) is 8.52. The second kappa shape index (κ2) is 3.65. The lowest BCUT2D eigenvalue weighted by molar-refractivity contribution is 0.100. The van der Waals surface area contributed by atoms with Gasteiger partial charge in [-0.2, -0.15) is 0 Å². The van der Waals surface area contributed by atoms with Crippen molar-refractivity contribution in [3.8, 4) is 5.75 Å². The summed E-state index contributed by atoms with van der Waals surface area (Å²) < 4.78 is 5.16. The van der Waals surface area contributed by atoms with Gasteiger partial charge in [-0.25, -0.2) is 9.97 Å². The van der Waals surface area contributed by atoms with E-state index in [1.807, 2.05) is 12.1 Å². The quantitative estimate of drug-likeness (QED) is 0.697. The number of hydrogen-bond acceptors (Lipinski definition) is 4. The normalized spacial score (nSPS) is 10.3. The van der Waals surface area contributed by atoms with Gasteiger partial charge in [0.05, 0.1) is 7.11 Å². The number of carbonyl (C=O) groups is 1. The average molecular weight is 202 g/mol. The Hall–Kier alpha value is -1.97. The van der Waals surface area contributed by atoms with Crippen LogP contribution in [0.3, 0.4) is 0 Å². The van der Waals surface area contributed by atoms with E-state index in [0.29, 0.717) is 11.3 Å². The molecule has 0 unspecified atom stereocenters. The number of fused-ring (bicyclic) bond motifs is 1. The Balaban J connectivity index is 2.72. The Morgan fingerprint density at radius 1 is 1.40 bits per heavy atom. The van der Waals surface area contributed by atoms with Crippen LogP contribution in [-0.2, 0) is 0 Å². The molecule has 0 aliphatic rings. The summed E-state index contributed by atoms with van der Waals surface area (Å²) in [6.07, 6.45) is 1.63. The summed E-state index contributed by atoms with van der Waals surface area (Å²) in [5, 5.41) is 0.861. The highest BCUT2D eigenvalue weighted by atomic mass is 16.5. The fourth-order valence-electron chi connectivity index (χ4n) is 1.36. The van der Waals surface area contributed by atoms with Crippen molar-refractivity contribution in [2.75, 3.05) is 7.11 Å². The zero-order valence-corrected chi connectivity index (χ0v) is 8.52. The van der Waals surface area contributed by atoms with Gasteiger partial charge < -0.3 is 4.74 Å². The molecule has 0 aliphatic carbocycles. The molecule has 4 heteroatoms. The van der Waals surface area contributed by atoms with Crippen LogP contribution in [-0.4, -0.2) is 22.9 Å². The third-order valence-electron chi connectivity index (χ3n) is 2.11. The van der Waals surface area contributed by atoms with Gasteiger partial charge in [0.1, 0.15) is 11.3 Å². The third-order valence-corrected chi connectivity index (χ3v) is 2.11. The van der Waals surface area contributed by atoms with Crippen LogP contribution in [0.15, 0.2) is 24.4 Å². The van der Waals surface area contributed by atoms with Gasteiger partial charge in [-0.1, -0.05) is 12.1 Å². The highest BCUT2D eigenvalue weighted by Gasteiger charge is 2.07. The van der Waals surface area contributed by atoms with Crippen molar-refractivity contribution in [1.82, 2.24) is 9.97 Å². The largest absolute Gasteiger partial charge is 0.494 e. The first-order valence-electron chi connectivity index (χ1n) is 4.53. The highest BCUT2D eigenvalue weighted by molar-refractivity contribution is 5.93. The number of Topliss-reactive ketones (excluding diaryl/α,β-unsaturated/α-hetero) is 1. The summed E-state index contributed by atoms with van der Waals surface area (Å²) in [5.74, 6) is 0.715. The molecule has 2 aromatic rings. The Kier molecular flexibility index (Phi) is 2.33. The molecule has 4 nitrogen and oxygen atoms in total. The molecule has 76 valence electrons. The van der Waals surface area contributed by atoms with E-state index >= 15 is 0 Å². The summed E-state index contributed by atoms with van der Waals surface area (Å²) in [6.45, 7) is 1.44. The Bertz CT molecular complexity index is 523. The summed E-state index contributed by atoms with van der Waals surface area (Å²) in [5.41, 5.74) is 0.667. The van der Waals surface area contributed by atoms with E-state index in [4.69, 9.17) is 4.74 Å². The molecule has 1 heterocycles. The molecule has 0 spiro atoms. The number of ketones is 1. The molecular formula is C11H10N2O2. The monoisotopic (exact) mass is 202 g/mol. The van der Waals surface area contributed by atoms with Gasteiger partial charge in [0, 0.05) is 18.5 Å². The number of para-hydroxylation sites is 1. The van der Waals surface area contributed by atoms with Crippen LogP contribution in [0.1, 0.15) is 17.5 Å². The van der Waals surface area contributed by atoms with Crippen LogP contribution in [0.25, 0.3) is 10.9 Å². The smallest absolute Gasteiger partial charge is 0.196 e. The van der Waals surface area contributed by atoms with Crippen molar-refractivity contribution in [3.63, 3.8) is 0 Å². The lowest BCUT2D eigenvalue weighted by Crippen LogP contribution is -2.01. The van der Waals surface area contributed by atoms with E-state index in [-0.39, 0.29) is 11.6 Å². The van der Waals surface area contributed by atoms with Gasteiger partial charge in [-0.05, 0) is 6.07 Å². The van der Waals surface area contributed by atoms with Crippen LogP contribution >= 0.6 is 0 Å². The summed E-state index contributed by atoms with van der Waals surface area (Å²) in [4.78, 5) is 19.2. The minimum Gasteiger partial charge on any atom is -0.494 e. The van der Waals surface area contributed by atoms with Crippen molar-refractivity contribution in [2.45, 2.75) is 6.92 Å². The SMILES string of the molecule is COc1cccc2cnc(C(C)=O)nc12. The maximum atomic E-state index is 11.1. The first-order valence-corrected chi connectivity index (χ1v) is 4.53. The Morgan fingerprint density at radius 2 is 2.20 bits per heavy atom. The van der Waals surface area contributed by atoms with Gasteiger partial charge in [0.15, 0.2) is 11.6 Å². The molecule has 0 saturated carbocycles. The minimum absolute atomic E-state index is 0.150. The molecule has 0 amide bonds. The van der Waals surface area contributed by atoms with Gasteiger partial charge in [-0.3, -0.25) is 4.79 Å². The van der Waals surface area contributed by atoms with E-state index in [9.17, 15) is 4.79 Å². The number of aromatic nitrogens is 2. The molecule has 0 fully saturated rings. The first-order chi connectivity index (χ1) is 7.22. The number of methoxy groups -OCH3 is 1. The van der Waals surface area contributed by atoms with Crippen molar-refractivity contribution in [1.29, 1.82) is 0 Å². The molecular weight excluding hydrogens is 192 g/mol. The maximum absolute atomic E-state index is 11.1. The first kappa shape index (κ1) is 9.58. The molecule has 1 aromatic heterocycles. The number of ether oxygens (including phenoxy) is 1. The second-order valence-electron chi connectivity index (χ2n) is 3.15. The van der Waals surface area contributed by atoms with E-state index in [1.54, 1.807) is 19.4 Å². The predicted molar refractivity (Wildman–Crippen MR) is 56.1 cm³/mol. The van der Waals surface area contributed by atoms with Gasteiger partial charge in [0.25, 0.3) is 0 Å². The van der Waals surface area contributed by atoms with Crippen molar-refractivity contribution < 1.29 is 9.53 Å². The lowest BCUT2D eigenvalue weighted by atomic mass is 10.2. The van der Waals surface area contributed by atoms with Crippen molar-refractivity contribution in [2.24, 2.45) is 0 Å². The van der Waals surface area contributed by atoms with Gasteiger partial charge in [0.2, 0.25) is 0 Å². The number of nitrogens with zero attached hydrogens (tertiary/aromatic N) is 2. The predicted octanol–water partition coefficient (Wildman–Crippen LogP) is 1.84. The molecule has 0 radical (unpaired) electrons. The van der Waals surface area contributed by atoms with Crippen LogP contribution in [0.5, 0.6) is 5.75 Å². The number of hydrogen-bond donors (Lipinski definition) is 0. The molecule has 2 rings (SSSR count). The topological polar surface area (TPSA) is 52.1 Å². The number of benzene rings is 1. The van der Waals surface area contributed by atoms with E-state index in [2.05, 4.69) is 9.97 Å². The van der Waals surface area contributed by atoms with Gasteiger partial charge in [-0.15, -0.1) is 0 Å². The van der Waals surface area contributed by atoms with Crippen LogP contribution < -0.4 is 4.74 Å². The molecule has 15 heavy (non-hydrogen) atoms. The average Bonchev–Trinajstić information content (AvgIpc) is 2.27. The maximum Gasteiger partial charge on any atom is 0.196 e. The second-order valence-corrected chi connectivity index (χ2v) is 3.15. The third kappa shape index (κ3) is 1.66. The Morgan fingerprint density at radius 3 is 2.87 bits per heavy atom. The van der Waals surface area contributed by atoms with E-state index in [1.165, 1.54) is 6.92 Å². The fourth-order valence-corrected chi connectivity index (χ4v) is 1.36. The standard InChI is InChI=1S/C11H10N2O2/c1-7(14)11-12-6-8-4-3-5-9(15-2)10(8)13-11/h3-6H,1-2H3. The summed E-state index contributed by atoms with van der Waals surface area (Å²) >= 11 is 0. The van der Waals surface area contributed by atoms with Crippen LogP contribution in [0.2, 0.25) is 0 Å².